The van der Waals surface area contributed by atoms with Crippen LogP contribution in [0.5, 0.6) is 0 Å². The van der Waals surface area contributed by atoms with Crippen LogP contribution in [0.15, 0.2) is 24.3 Å². The Morgan fingerprint density at radius 2 is 1.86 bits per heavy atom. The van der Waals surface area contributed by atoms with Gasteiger partial charge in [-0.2, -0.15) is 0 Å². The van der Waals surface area contributed by atoms with E-state index in [-0.39, 0.29) is 30.6 Å². The summed E-state index contributed by atoms with van der Waals surface area (Å²) >= 11 is 0. The Kier molecular flexibility index (Phi) is 7.69. The molecule has 116 valence electrons. The molecule has 1 rings (SSSR count). The van der Waals surface area contributed by atoms with Crippen LogP contribution in [0.1, 0.15) is 49.0 Å². The molecule has 1 N–H and O–H groups in total. The first kappa shape index (κ1) is 17.4. The Bertz CT molecular complexity index is 454. The lowest BCUT2D eigenvalue weighted by molar-refractivity contribution is -0.122. The Hall–Kier alpha value is -1.68. The summed E-state index contributed by atoms with van der Waals surface area (Å²) < 4.78 is 4.95. The van der Waals surface area contributed by atoms with E-state index in [9.17, 15) is 9.59 Å². The molecule has 1 aromatic rings. The molecular formula is C17H25NO3. The van der Waals surface area contributed by atoms with Gasteiger partial charge in [0.15, 0.2) is 5.78 Å². The lowest BCUT2D eigenvalue weighted by Crippen LogP contribution is -2.35. The zero-order valence-electron chi connectivity index (χ0n) is 13.1. The van der Waals surface area contributed by atoms with Gasteiger partial charge in [-0.15, -0.1) is 0 Å². The molecule has 0 aliphatic rings. The monoisotopic (exact) mass is 291 g/mol. The molecule has 0 bridgehead atoms. The van der Waals surface area contributed by atoms with Crippen LogP contribution in [0.25, 0.3) is 0 Å². The minimum absolute atomic E-state index is 0.00703. The van der Waals surface area contributed by atoms with Gasteiger partial charge >= 0.3 is 0 Å². The van der Waals surface area contributed by atoms with E-state index < -0.39 is 0 Å². The van der Waals surface area contributed by atoms with Crippen LogP contribution in [0.2, 0.25) is 0 Å². The van der Waals surface area contributed by atoms with Crippen LogP contribution >= 0.6 is 0 Å². The molecule has 1 amide bonds. The van der Waals surface area contributed by atoms with Crippen molar-refractivity contribution in [2.45, 2.75) is 45.6 Å². The molecule has 4 heteroatoms. The molecule has 21 heavy (non-hydrogen) atoms. The summed E-state index contributed by atoms with van der Waals surface area (Å²) in [6.07, 6.45) is 2.56. The number of ketones is 1. The van der Waals surface area contributed by atoms with Gasteiger partial charge in [-0.3, -0.25) is 9.59 Å². The fraction of sp³-hybridized carbons (Fsp3) is 0.529. The van der Waals surface area contributed by atoms with Gasteiger partial charge in [0, 0.05) is 31.6 Å². The second-order valence-electron chi connectivity index (χ2n) is 5.29. The zero-order valence-corrected chi connectivity index (χ0v) is 13.1. The summed E-state index contributed by atoms with van der Waals surface area (Å²) in [6.45, 7) is 4.47. The summed E-state index contributed by atoms with van der Waals surface area (Å²) in [5.74, 6) is -0.108. The number of Topliss-reactive ketones (excluding diaryl/α,β-unsaturated/α-hetero) is 1. The highest BCUT2D eigenvalue weighted by Gasteiger charge is 2.11. The van der Waals surface area contributed by atoms with Gasteiger partial charge in [0.2, 0.25) is 5.91 Å². The van der Waals surface area contributed by atoms with Gasteiger partial charge in [0.25, 0.3) is 0 Å². The molecule has 0 saturated heterocycles. The summed E-state index contributed by atoms with van der Waals surface area (Å²) in [4.78, 5) is 23.7. The normalized spacial score (nSPS) is 12.0. The number of aryl methyl sites for hydroxylation is 1. The second kappa shape index (κ2) is 9.29. The highest BCUT2D eigenvalue weighted by molar-refractivity contribution is 5.97. The summed E-state index contributed by atoms with van der Waals surface area (Å²) in [7, 11) is 1.59. The lowest BCUT2D eigenvalue weighted by Gasteiger charge is -2.12. The van der Waals surface area contributed by atoms with Crippen LogP contribution in [0.4, 0.5) is 0 Å². The molecule has 0 aliphatic carbocycles. The Morgan fingerprint density at radius 1 is 1.19 bits per heavy atom. The average Bonchev–Trinajstić information content (AvgIpc) is 2.46. The van der Waals surface area contributed by atoms with E-state index in [4.69, 9.17) is 4.74 Å². The minimum Gasteiger partial charge on any atom is -0.383 e. The highest BCUT2D eigenvalue weighted by atomic mass is 16.5. The van der Waals surface area contributed by atoms with Crippen LogP contribution < -0.4 is 5.32 Å². The third-order valence-corrected chi connectivity index (χ3v) is 3.22. The first-order valence-corrected chi connectivity index (χ1v) is 7.47. The van der Waals surface area contributed by atoms with Crippen molar-refractivity contribution in [2.24, 2.45) is 0 Å². The fourth-order valence-corrected chi connectivity index (χ4v) is 2.16. The third kappa shape index (κ3) is 6.54. The van der Waals surface area contributed by atoms with Crippen molar-refractivity contribution in [3.8, 4) is 0 Å². The van der Waals surface area contributed by atoms with Crippen LogP contribution in [-0.2, 0) is 16.0 Å². The van der Waals surface area contributed by atoms with E-state index in [2.05, 4.69) is 12.2 Å². The molecule has 1 aromatic carbocycles. The predicted octanol–water partition coefficient (Wildman–Crippen LogP) is 2.75. The van der Waals surface area contributed by atoms with Gasteiger partial charge in [-0.25, -0.2) is 0 Å². The topological polar surface area (TPSA) is 55.4 Å². The summed E-state index contributed by atoms with van der Waals surface area (Å²) in [5.41, 5.74) is 1.91. The van der Waals surface area contributed by atoms with E-state index in [0.29, 0.717) is 12.2 Å². The number of benzene rings is 1. The van der Waals surface area contributed by atoms with Crippen molar-refractivity contribution in [3.05, 3.63) is 35.4 Å². The number of methoxy groups -OCH3 is 1. The Balaban J connectivity index is 2.41. The molecule has 0 fully saturated rings. The number of ether oxygens (including phenoxy) is 1. The molecule has 4 nitrogen and oxygen atoms in total. The van der Waals surface area contributed by atoms with Crippen molar-refractivity contribution in [2.75, 3.05) is 13.7 Å². The molecule has 0 spiro atoms. The maximum Gasteiger partial charge on any atom is 0.220 e. The van der Waals surface area contributed by atoms with Gasteiger partial charge < -0.3 is 10.1 Å². The zero-order chi connectivity index (χ0) is 15.7. The van der Waals surface area contributed by atoms with Gasteiger partial charge in [0.05, 0.1) is 6.61 Å². The Labute approximate surface area is 126 Å². The van der Waals surface area contributed by atoms with Crippen molar-refractivity contribution < 1.29 is 14.3 Å². The molecular weight excluding hydrogens is 266 g/mol. The van der Waals surface area contributed by atoms with Crippen molar-refractivity contribution in [1.82, 2.24) is 5.32 Å². The number of carbonyl (C=O) groups excluding carboxylic acids is 2. The van der Waals surface area contributed by atoms with E-state index >= 15 is 0 Å². The average molecular weight is 291 g/mol. The number of hydrogen-bond acceptors (Lipinski definition) is 3. The standard InChI is InChI=1S/C17H25NO3/c1-4-5-14-6-8-15(9-7-14)16(19)10-11-17(20)18-13(2)12-21-3/h6-9,13H,4-5,10-12H2,1-3H3,(H,18,20). The maximum absolute atomic E-state index is 12.0. The van der Waals surface area contributed by atoms with Gasteiger partial charge in [-0.05, 0) is 18.9 Å². The van der Waals surface area contributed by atoms with E-state index in [1.54, 1.807) is 7.11 Å². The van der Waals surface area contributed by atoms with Crippen LogP contribution in [0.3, 0.4) is 0 Å². The molecule has 0 saturated carbocycles. The lowest BCUT2D eigenvalue weighted by atomic mass is 10.0. The first-order chi connectivity index (χ1) is 10.1. The minimum atomic E-state index is -0.115. The second-order valence-corrected chi connectivity index (χ2v) is 5.29. The number of carbonyl (C=O) groups is 2. The largest absolute Gasteiger partial charge is 0.383 e. The summed E-state index contributed by atoms with van der Waals surface area (Å²) in [5, 5.41) is 2.80. The Morgan fingerprint density at radius 3 is 2.43 bits per heavy atom. The first-order valence-electron chi connectivity index (χ1n) is 7.47. The van der Waals surface area contributed by atoms with Crippen molar-refractivity contribution >= 4 is 11.7 Å². The number of amides is 1. The van der Waals surface area contributed by atoms with E-state index in [0.717, 1.165) is 12.8 Å². The van der Waals surface area contributed by atoms with E-state index in [1.807, 2.05) is 31.2 Å². The number of rotatable bonds is 9. The third-order valence-electron chi connectivity index (χ3n) is 3.22. The van der Waals surface area contributed by atoms with E-state index in [1.165, 1.54) is 5.56 Å². The highest BCUT2D eigenvalue weighted by Crippen LogP contribution is 2.10. The van der Waals surface area contributed by atoms with Gasteiger partial charge in [-0.1, -0.05) is 37.6 Å². The number of hydrogen-bond donors (Lipinski definition) is 1. The smallest absolute Gasteiger partial charge is 0.220 e. The van der Waals surface area contributed by atoms with Crippen molar-refractivity contribution in [1.29, 1.82) is 0 Å². The summed E-state index contributed by atoms with van der Waals surface area (Å²) in [6, 6.07) is 7.62. The molecule has 0 aromatic heterocycles. The molecule has 0 heterocycles. The number of nitrogens with one attached hydrogen (secondary N) is 1. The SMILES string of the molecule is CCCc1ccc(C(=O)CCC(=O)NC(C)COC)cc1. The molecule has 0 aliphatic heterocycles. The van der Waals surface area contributed by atoms with Crippen molar-refractivity contribution in [3.63, 3.8) is 0 Å². The molecule has 1 atom stereocenters. The molecule has 0 radical (unpaired) electrons. The predicted molar refractivity (Wildman–Crippen MR) is 83.5 cm³/mol. The fourth-order valence-electron chi connectivity index (χ4n) is 2.16. The molecule has 1 unspecified atom stereocenters. The maximum atomic E-state index is 12.0. The quantitative estimate of drug-likeness (QED) is 0.712. The van der Waals surface area contributed by atoms with Gasteiger partial charge in [0.1, 0.15) is 0 Å². The van der Waals surface area contributed by atoms with Crippen LogP contribution in [-0.4, -0.2) is 31.4 Å². The van der Waals surface area contributed by atoms with Crippen LogP contribution in [0, 0.1) is 0 Å².